The highest BCUT2D eigenvalue weighted by molar-refractivity contribution is 8.03. The summed E-state index contributed by atoms with van der Waals surface area (Å²) in [6.45, 7) is 2.88. The van der Waals surface area contributed by atoms with Gasteiger partial charge in [-0.25, -0.2) is 4.39 Å². The van der Waals surface area contributed by atoms with Crippen molar-refractivity contribution in [1.29, 1.82) is 0 Å². The van der Waals surface area contributed by atoms with Gasteiger partial charge in [-0.2, -0.15) is 0 Å². The molecule has 0 spiro atoms. The number of halogens is 1. The average molecular weight is 315 g/mol. The van der Waals surface area contributed by atoms with E-state index >= 15 is 0 Å². The lowest BCUT2D eigenvalue weighted by molar-refractivity contribution is 0.602. The Kier molecular flexibility index (Phi) is 5.93. The van der Waals surface area contributed by atoms with E-state index in [4.69, 9.17) is 0 Å². The molecule has 0 amide bonds. The van der Waals surface area contributed by atoms with Crippen molar-refractivity contribution in [3.63, 3.8) is 0 Å². The number of aromatic nitrogens is 2. The van der Waals surface area contributed by atoms with E-state index in [1.54, 1.807) is 35.2 Å². The van der Waals surface area contributed by atoms with Crippen molar-refractivity contribution >= 4 is 40.0 Å². The number of nitrogens with one attached hydrogen (secondary N) is 1. The molecule has 3 nitrogen and oxygen atoms in total. The summed E-state index contributed by atoms with van der Waals surface area (Å²) in [7, 11) is 0. The zero-order valence-corrected chi connectivity index (χ0v) is 12.9. The second-order valence-electron chi connectivity index (χ2n) is 3.53. The van der Waals surface area contributed by atoms with Crippen LogP contribution in [0, 0.1) is 5.82 Å². The molecule has 1 N–H and O–H groups in total. The summed E-state index contributed by atoms with van der Waals surface area (Å²) >= 11 is 4.74. The third kappa shape index (κ3) is 4.67. The standard InChI is InChI=1S/C12H14FN3S3/c1-2-14-11-15-16-12(19-11)18-8-7-17-10-6-4-3-5-9(10)13/h3-6H,2,7-8H2,1H3,(H,14,15). The Morgan fingerprint density at radius 2 is 2.00 bits per heavy atom. The van der Waals surface area contributed by atoms with Gasteiger partial charge in [0.15, 0.2) is 4.34 Å². The van der Waals surface area contributed by atoms with Crippen LogP contribution in [0.5, 0.6) is 0 Å². The Labute approximate surface area is 124 Å². The maximum absolute atomic E-state index is 13.4. The molecule has 102 valence electrons. The fourth-order valence-corrected chi connectivity index (χ4v) is 4.14. The van der Waals surface area contributed by atoms with E-state index in [1.807, 2.05) is 13.0 Å². The van der Waals surface area contributed by atoms with Gasteiger partial charge in [-0.15, -0.1) is 22.0 Å². The van der Waals surface area contributed by atoms with Gasteiger partial charge >= 0.3 is 0 Å². The summed E-state index contributed by atoms with van der Waals surface area (Å²) in [6, 6.07) is 6.85. The van der Waals surface area contributed by atoms with Gasteiger partial charge in [0.1, 0.15) is 5.82 Å². The van der Waals surface area contributed by atoms with Gasteiger partial charge in [0, 0.05) is 22.9 Å². The average Bonchev–Trinajstić information content (AvgIpc) is 2.85. The first-order valence-electron chi connectivity index (χ1n) is 5.87. The molecule has 1 aromatic carbocycles. The van der Waals surface area contributed by atoms with E-state index in [0.29, 0.717) is 4.90 Å². The number of thioether (sulfide) groups is 2. The Hall–Kier alpha value is -0.790. The number of nitrogens with zero attached hydrogens (tertiary/aromatic N) is 2. The topological polar surface area (TPSA) is 37.8 Å². The molecule has 0 radical (unpaired) electrons. The van der Waals surface area contributed by atoms with Crippen LogP contribution in [0.2, 0.25) is 0 Å². The number of anilines is 1. The van der Waals surface area contributed by atoms with Crippen molar-refractivity contribution in [2.75, 3.05) is 23.4 Å². The third-order valence-corrected chi connectivity index (χ3v) is 5.46. The van der Waals surface area contributed by atoms with E-state index < -0.39 is 0 Å². The van der Waals surface area contributed by atoms with Crippen molar-refractivity contribution in [3.05, 3.63) is 30.1 Å². The summed E-state index contributed by atoms with van der Waals surface area (Å²) in [6.07, 6.45) is 0. The molecule has 0 aliphatic heterocycles. The highest BCUT2D eigenvalue weighted by Gasteiger charge is 2.05. The summed E-state index contributed by atoms with van der Waals surface area (Å²) in [5.41, 5.74) is 0. The molecule has 2 aromatic rings. The van der Waals surface area contributed by atoms with Gasteiger partial charge in [-0.3, -0.25) is 0 Å². The molecule has 1 heterocycles. The zero-order chi connectivity index (χ0) is 13.5. The first-order chi connectivity index (χ1) is 9.29. The normalized spacial score (nSPS) is 10.6. The zero-order valence-electron chi connectivity index (χ0n) is 10.4. The smallest absolute Gasteiger partial charge is 0.206 e. The fraction of sp³-hybridized carbons (Fsp3) is 0.333. The first-order valence-corrected chi connectivity index (χ1v) is 8.66. The lowest BCUT2D eigenvalue weighted by Crippen LogP contribution is -1.94. The fourth-order valence-electron chi connectivity index (χ4n) is 1.33. The summed E-state index contributed by atoms with van der Waals surface area (Å²) in [5, 5.41) is 12.1. The number of hydrogen-bond donors (Lipinski definition) is 1. The van der Waals surface area contributed by atoms with E-state index in [9.17, 15) is 4.39 Å². The third-order valence-electron chi connectivity index (χ3n) is 2.14. The monoisotopic (exact) mass is 315 g/mol. The van der Waals surface area contributed by atoms with Gasteiger partial charge in [0.05, 0.1) is 0 Å². The quantitative estimate of drug-likeness (QED) is 0.617. The van der Waals surface area contributed by atoms with Crippen LogP contribution in [0.3, 0.4) is 0 Å². The Bertz CT molecular complexity index is 518. The lowest BCUT2D eigenvalue weighted by Gasteiger charge is -2.01. The SMILES string of the molecule is CCNc1nnc(SCCSc2ccccc2F)s1. The van der Waals surface area contributed by atoms with Gasteiger partial charge < -0.3 is 5.32 Å². The van der Waals surface area contributed by atoms with Crippen LogP contribution in [0.4, 0.5) is 9.52 Å². The lowest BCUT2D eigenvalue weighted by atomic mass is 10.3. The predicted molar refractivity (Wildman–Crippen MR) is 81.9 cm³/mol. The highest BCUT2D eigenvalue weighted by Crippen LogP contribution is 2.28. The van der Waals surface area contributed by atoms with Crippen LogP contribution >= 0.6 is 34.9 Å². The van der Waals surface area contributed by atoms with Crippen molar-refractivity contribution < 1.29 is 4.39 Å². The molecular weight excluding hydrogens is 301 g/mol. The van der Waals surface area contributed by atoms with Crippen molar-refractivity contribution in [2.24, 2.45) is 0 Å². The van der Waals surface area contributed by atoms with Crippen LogP contribution in [0.25, 0.3) is 0 Å². The van der Waals surface area contributed by atoms with Crippen LogP contribution in [-0.4, -0.2) is 28.2 Å². The van der Waals surface area contributed by atoms with Crippen LogP contribution in [0.15, 0.2) is 33.5 Å². The predicted octanol–water partition coefficient (Wildman–Crippen LogP) is 3.99. The van der Waals surface area contributed by atoms with E-state index in [1.165, 1.54) is 17.8 Å². The van der Waals surface area contributed by atoms with Crippen LogP contribution < -0.4 is 5.32 Å². The maximum atomic E-state index is 13.4. The minimum Gasteiger partial charge on any atom is -0.360 e. The van der Waals surface area contributed by atoms with E-state index in [2.05, 4.69) is 15.5 Å². The molecule has 0 bridgehead atoms. The molecule has 0 atom stereocenters. The second-order valence-corrected chi connectivity index (χ2v) is 6.99. The molecule has 2 rings (SSSR count). The second kappa shape index (κ2) is 7.72. The van der Waals surface area contributed by atoms with Gasteiger partial charge in [0.2, 0.25) is 5.13 Å². The molecule has 0 saturated heterocycles. The van der Waals surface area contributed by atoms with E-state index in [0.717, 1.165) is 27.5 Å². The van der Waals surface area contributed by atoms with Crippen molar-refractivity contribution in [3.8, 4) is 0 Å². The number of hydrogen-bond acceptors (Lipinski definition) is 6. The summed E-state index contributed by atoms with van der Waals surface area (Å²) < 4.78 is 14.3. The molecule has 0 unspecified atom stereocenters. The Morgan fingerprint density at radius 1 is 1.21 bits per heavy atom. The largest absolute Gasteiger partial charge is 0.360 e. The number of rotatable bonds is 7. The van der Waals surface area contributed by atoms with Crippen molar-refractivity contribution in [1.82, 2.24) is 10.2 Å². The minimum absolute atomic E-state index is 0.150. The van der Waals surface area contributed by atoms with Gasteiger partial charge in [0.25, 0.3) is 0 Å². The maximum Gasteiger partial charge on any atom is 0.206 e. The molecule has 0 aliphatic rings. The summed E-state index contributed by atoms with van der Waals surface area (Å²) in [5.74, 6) is 1.59. The van der Waals surface area contributed by atoms with Gasteiger partial charge in [-0.05, 0) is 19.1 Å². The molecule has 19 heavy (non-hydrogen) atoms. The van der Waals surface area contributed by atoms with Gasteiger partial charge in [-0.1, -0.05) is 35.2 Å². The molecule has 0 aliphatic carbocycles. The van der Waals surface area contributed by atoms with Crippen LogP contribution in [0.1, 0.15) is 6.92 Å². The van der Waals surface area contributed by atoms with E-state index in [-0.39, 0.29) is 5.82 Å². The molecular formula is C12H14FN3S3. The summed E-state index contributed by atoms with van der Waals surface area (Å²) in [4.78, 5) is 0.703. The molecule has 7 heteroatoms. The molecule has 0 fully saturated rings. The van der Waals surface area contributed by atoms with Crippen molar-refractivity contribution in [2.45, 2.75) is 16.2 Å². The highest BCUT2D eigenvalue weighted by atomic mass is 32.2. The Balaban J connectivity index is 1.73. The minimum atomic E-state index is -0.150. The molecule has 0 saturated carbocycles. The Morgan fingerprint density at radius 3 is 2.79 bits per heavy atom. The van der Waals surface area contributed by atoms with Crippen LogP contribution in [-0.2, 0) is 0 Å². The number of benzene rings is 1. The molecule has 1 aromatic heterocycles. The first kappa shape index (κ1) is 14.6.